The van der Waals surface area contributed by atoms with Gasteiger partial charge in [-0.05, 0) is 30.3 Å². The molecule has 4 nitrogen and oxygen atoms in total. The highest BCUT2D eigenvalue weighted by molar-refractivity contribution is 6.30. The fraction of sp³-hybridized carbons (Fsp3) is 0.0769. The van der Waals surface area contributed by atoms with Gasteiger partial charge in [0.1, 0.15) is 0 Å². The zero-order chi connectivity index (χ0) is 13.1. The molecule has 0 radical (unpaired) electrons. The molecule has 0 spiro atoms. The third-order valence-electron chi connectivity index (χ3n) is 2.64. The molecule has 0 bridgehead atoms. The van der Waals surface area contributed by atoms with Gasteiger partial charge in [-0.2, -0.15) is 0 Å². The number of anilines is 2. The average molecular weight is 263 g/mol. The lowest BCUT2D eigenvalue weighted by Gasteiger charge is -2.19. The number of nitro benzene ring substituents is 1. The largest absolute Gasteiger partial charge is 0.344 e. The smallest absolute Gasteiger partial charge is 0.271 e. The summed E-state index contributed by atoms with van der Waals surface area (Å²) in [5.74, 6) is 0. The van der Waals surface area contributed by atoms with Crippen LogP contribution in [0.4, 0.5) is 17.1 Å². The van der Waals surface area contributed by atoms with Crippen LogP contribution in [0.15, 0.2) is 48.5 Å². The molecule has 18 heavy (non-hydrogen) atoms. The van der Waals surface area contributed by atoms with E-state index in [1.807, 2.05) is 30.1 Å². The summed E-state index contributed by atoms with van der Waals surface area (Å²) < 4.78 is 0. The number of non-ortho nitro benzene ring substituents is 1. The highest BCUT2D eigenvalue weighted by Crippen LogP contribution is 2.27. The number of rotatable bonds is 3. The Kier molecular flexibility index (Phi) is 3.48. The van der Waals surface area contributed by atoms with Gasteiger partial charge in [-0.1, -0.05) is 17.7 Å². The van der Waals surface area contributed by atoms with Crippen molar-refractivity contribution in [1.29, 1.82) is 0 Å². The van der Waals surface area contributed by atoms with E-state index in [0.717, 1.165) is 11.4 Å². The number of benzene rings is 2. The Hall–Kier alpha value is -2.07. The Morgan fingerprint density at radius 2 is 1.78 bits per heavy atom. The van der Waals surface area contributed by atoms with Crippen molar-refractivity contribution in [1.82, 2.24) is 0 Å². The van der Waals surface area contributed by atoms with Crippen LogP contribution in [0, 0.1) is 10.1 Å². The van der Waals surface area contributed by atoms with Gasteiger partial charge in [-0.25, -0.2) is 0 Å². The molecule has 92 valence electrons. The highest BCUT2D eigenvalue weighted by Gasteiger charge is 2.09. The minimum absolute atomic E-state index is 0.0771. The topological polar surface area (TPSA) is 46.4 Å². The van der Waals surface area contributed by atoms with Gasteiger partial charge in [-0.3, -0.25) is 10.1 Å². The molecule has 0 amide bonds. The number of hydrogen-bond acceptors (Lipinski definition) is 3. The summed E-state index contributed by atoms with van der Waals surface area (Å²) in [6, 6.07) is 13.8. The number of nitrogens with zero attached hydrogens (tertiary/aromatic N) is 2. The van der Waals surface area contributed by atoms with Crippen LogP contribution in [0.25, 0.3) is 0 Å². The molecule has 2 rings (SSSR count). The quantitative estimate of drug-likeness (QED) is 0.620. The minimum atomic E-state index is -0.404. The average Bonchev–Trinajstić information content (AvgIpc) is 2.39. The first-order valence-electron chi connectivity index (χ1n) is 5.31. The Morgan fingerprint density at radius 3 is 2.39 bits per heavy atom. The SMILES string of the molecule is CN(c1ccc(Cl)cc1)c1cccc([N+](=O)[O-])c1. The predicted molar refractivity (Wildman–Crippen MR) is 72.6 cm³/mol. The molecule has 0 aliphatic heterocycles. The van der Waals surface area contributed by atoms with E-state index >= 15 is 0 Å². The van der Waals surface area contributed by atoms with Crippen molar-refractivity contribution in [2.24, 2.45) is 0 Å². The molecular formula is C13H11ClN2O2. The summed E-state index contributed by atoms with van der Waals surface area (Å²) in [4.78, 5) is 12.2. The maximum absolute atomic E-state index is 10.7. The van der Waals surface area contributed by atoms with E-state index in [1.165, 1.54) is 12.1 Å². The number of halogens is 1. The van der Waals surface area contributed by atoms with Gasteiger partial charge in [-0.15, -0.1) is 0 Å². The van der Waals surface area contributed by atoms with Crippen LogP contribution in [-0.2, 0) is 0 Å². The molecule has 0 aromatic heterocycles. The van der Waals surface area contributed by atoms with Gasteiger partial charge in [0, 0.05) is 35.6 Å². The molecule has 5 heteroatoms. The van der Waals surface area contributed by atoms with Crippen LogP contribution < -0.4 is 4.90 Å². The Morgan fingerprint density at radius 1 is 1.11 bits per heavy atom. The second-order valence-corrected chi connectivity index (χ2v) is 4.25. The standard InChI is InChI=1S/C13H11ClN2O2/c1-15(11-7-5-10(14)6-8-11)12-3-2-4-13(9-12)16(17)18/h2-9H,1H3. The van der Waals surface area contributed by atoms with Crippen molar-refractivity contribution >= 4 is 28.7 Å². The van der Waals surface area contributed by atoms with Crippen molar-refractivity contribution < 1.29 is 4.92 Å². The third kappa shape index (κ3) is 2.60. The lowest BCUT2D eigenvalue weighted by molar-refractivity contribution is -0.384. The van der Waals surface area contributed by atoms with Gasteiger partial charge in [0.05, 0.1) is 4.92 Å². The first kappa shape index (κ1) is 12.4. The molecular weight excluding hydrogens is 252 g/mol. The zero-order valence-corrected chi connectivity index (χ0v) is 10.5. The van der Waals surface area contributed by atoms with Gasteiger partial charge < -0.3 is 4.90 Å². The first-order chi connectivity index (χ1) is 8.58. The molecule has 0 saturated carbocycles. The van der Waals surface area contributed by atoms with E-state index in [0.29, 0.717) is 5.02 Å². The van der Waals surface area contributed by atoms with Crippen LogP contribution >= 0.6 is 11.6 Å². The van der Waals surface area contributed by atoms with Crippen molar-refractivity contribution in [3.05, 3.63) is 63.7 Å². The molecule has 0 fully saturated rings. The molecule has 0 heterocycles. The fourth-order valence-electron chi connectivity index (χ4n) is 1.63. The van der Waals surface area contributed by atoms with Crippen LogP contribution in [0.1, 0.15) is 0 Å². The molecule has 0 aliphatic rings. The van der Waals surface area contributed by atoms with Crippen molar-refractivity contribution in [3.8, 4) is 0 Å². The van der Waals surface area contributed by atoms with Crippen LogP contribution in [-0.4, -0.2) is 12.0 Å². The van der Waals surface area contributed by atoms with Crippen molar-refractivity contribution in [3.63, 3.8) is 0 Å². The maximum atomic E-state index is 10.7. The monoisotopic (exact) mass is 262 g/mol. The van der Waals surface area contributed by atoms with Crippen LogP contribution in [0.5, 0.6) is 0 Å². The van der Waals surface area contributed by atoms with Gasteiger partial charge in [0.15, 0.2) is 0 Å². The van der Waals surface area contributed by atoms with Crippen LogP contribution in [0.3, 0.4) is 0 Å². The minimum Gasteiger partial charge on any atom is -0.344 e. The maximum Gasteiger partial charge on any atom is 0.271 e. The molecule has 0 unspecified atom stereocenters. The van der Waals surface area contributed by atoms with Crippen LogP contribution in [0.2, 0.25) is 5.02 Å². The van der Waals surface area contributed by atoms with E-state index in [-0.39, 0.29) is 5.69 Å². The lowest BCUT2D eigenvalue weighted by atomic mass is 10.2. The van der Waals surface area contributed by atoms with Gasteiger partial charge in [0.25, 0.3) is 5.69 Å². The van der Waals surface area contributed by atoms with E-state index in [9.17, 15) is 10.1 Å². The van der Waals surface area contributed by atoms with E-state index in [2.05, 4.69) is 0 Å². The second kappa shape index (κ2) is 5.06. The van der Waals surface area contributed by atoms with Crippen molar-refractivity contribution in [2.45, 2.75) is 0 Å². The second-order valence-electron chi connectivity index (χ2n) is 3.81. The van der Waals surface area contributed by atoms with E-state index in [1.54, 1.807) is 18.2 Å². The molecule has 0 aliphatic carbocycles. The summed E-state index contributed by atoms with van der Waals surface area (Å²) >= 11 is 5.82. The summed E-state index contributed by atoms with van der Waals surface area (Å²) in [5, 5.41) is 11.4. The lowest BCUT2D eigenvalue weighted by Crippen LogP contribution is -2.09. The number of nitro groups is 1. The zero-order valence-electron chi connectivity index (χ0n) is 9.71. The Bertz CT molecular complexity index is 569. The molecule has 0 N–H and O–H groups in total. The fourth-order valence-corrected chi connectivity index (χ4v) is 1.75. The van der Waals surface area contributed by atoms with E-state index in [4.69, 9.17) is 11.6 Å². The third-order valence-corrected chi connectivity index (χ3v) is 2.89. The molecule has 0 saturated heterocycles. The molecule has 2 aromatic rings. The normalized spacial score (nSPS) is 10.1. The summed E-state index contributed by atoms with van der Waals surface area (Å²) in [7, 11) is 1.85. The summed E-state index contributed by atoms with van der Waals surface area (Å²) in [6.07, 6.45) is 0. The highest BCUT2D eigenvalue weighted by atomic mass is 35.5. The number of hydrogen-bond donors (Lipinski definition) is 0. The Labute approximate surface area is 110 Å². The van der Waals surface area contributed by atoms with Gasteiger partial charge in [0.2, 0.25) is 0 Å². The molecule has 2 aromatic carbocycles. The van der Waals surface area contributed by atoms with E-state index < -0.39 is 4.92 Å². The van der Waals surface area contributed by atoms with Gasteiger partial charge >= 0.3 is 0 Å². The summed E-state index contributed by atoms with van der Waals surface area (Å²) in [5.41, 5.74) is 1.75. The van der Waals surface area contributed by atoms with Crippen molar-refractivity contribution in [2.75, 3.05) is 11.9 Å². The Balaban J connectivity index is 2.33. The molecule has 0 atom stereocenters. The first-order valence-corrected chi connectivity index (χ1v) is 5.69. The predicted octanol–water partition coefficient (Wildman–Crippen LogP) is 4.02. The summed E-state index contributed by atoms with van der Waals surface area (Å²) in [6.45, 7) is 0.